The molecule has 1 aliphatic carbocycles. The summed E-state index contributed by atoms with van der Waals surface area (Å²) in [4.78, 5) is 0. The topological polar surface area (TPSA) is 0 Å². The molecule has 1 aliphatic rings. The van der Waals surface area contributed by atoms with Crippen molar-refractivity contribution in [3.8, 4) is 11.1 Å². The molecule has 0 atom stereocenters. The van der Waals surface area contributed by atoms with Crippen LogP contribution in [-0.4, -0.2) is 0 Å². The normalized spacial score (nSPS) is 14.2. The van der Waals surface area contributed by atoms with Crippen molar-refractivity contribution in [3.05, 3.63) is 70.8 Å². The molecule has 0 heteroatoms. The average molecular weight is 385 g/mol. The van der Waals surface area contributed by atoms with Crippen LogP contribution < -0.4 is 0 Å². The first-order chi connectivity index (χ1) is 14.1. The molecule has 3 aromatic rings. The summed E-state index contributed by atoms with van der Waals surface area (Å²) < 4.78 is 0. The molecular weight excluding hydrogens is 348 g/mol. The Balaban J connectivity index is 1.99. The van der Waals surface area contributed by atoms with E-state index in [1.807, 2.05) is 0 Å². The minimum absolute atomic E-state index is 0.190. The summed E-state index contributed by atoms with van der Waals surface area (Å²) in [6.45, 7) is 9.21. The summed E-state index contributed by atoms with van der Waals surface area (Å²) in [7, 11) is 0. The fourth-order valence-electron chi connectivity index (χ4n) is 5.66. The van der Waals surface area contributed by atoms with Gasteiger partial charge in [-0.3, -0.25) is 0 Å². The van der Waals surface area contributed by atoms with Crippen LogP contribution in [0.2, 0.25) is 0 Å². The molecule has 3 aromatic carbocycles. The lowest BCUT2D eigenvalue weighted by atomic mass is 9.70. The van der Waals surface area contributed by atoms with E-state index in [0.29, 0.717) is 0 Å². The van der Waals surface area contributed by atoms with Gasteiger partial charge < -0.3 is 0 Å². The van der Waals surface area contributed by atoms with Crippen molar-refractivity contribution in [1.29, 1.82) is 0 Å². The van der Waals surface area contributed by atoms with Crippen LogP contribution in [0, 0.1) is 13.8 Å². The van der Waals surface area contributed by atoms with Crippen LogP contribution in [0.15, 0.2) is 48.5 Å². The highest BCUT2D eigenvalue weighted by atomic mass is 14.5. The van der Waals surface area contributed by atoms with Crippen molar-refractivity contribution in [2.24, 2.45) is 0 Å². The molecule has 0 fully saturated rings. The van der Waals surface area contributed by atoms with Crippen molar-refractivity contribution in [1.82, 2.24) is 0 Å². The van der Waals surface area contributed by atoms with E-state index in [1.165, 1.54) is 84.4 Å². The van der Waals surface area contributed by atoms with Crippen molar-refractivity contribution >= 4 is 10.8 Å². The minimum Gasteiger partial charge on any atom is -0.0654 e. The maximum absolute atomic E-state index is 2.55. The van der Waals surface area contributed by atoms with Crippen molar-refractivity contribution < 1.29 is 0 Å². The van der Waals surface area contributed by atoms with E-state index in [9.17, 15) is 0 Å². The smallest absolute Gasteiger partial charge is 0.0215 e. The number of hydrogen-bond acceptors (Lipinski definition) is 0. The fraction of sp³-hybridized carbons (Fsp3) is 0.448. The molecule has 4 rings (SSSR count). The maximum Gasteiger partial charge on any atom is 0.0215 e. The highest BCUT2D eigenvalue weighted by Gasteiger charge is 2.43. The second-order valence-corrected chi connectivity index (χ2v) is 9.21. The Labute approximate surface area is 177 Å². The zero-order valence-electron chi connectivity index (χ0n) is 18.8. The van der Waals surface area contributed by atoms with E-state index in [1.54, 1.807) is 11.1 Å². The zero-order valence-corrected chi connectivity index (χ0v) is 18.8. The lowest BCUT2D eigenvalue weighted by Crippen LogP contribution is -2.25. The van der Waals surface area contributed by atoms with Gasteiger partial charge >= 0.3 is 0 Å². The molecule has 0 bridgehead atoms. The summed E-state index contributed by atoms with van der Waals surface area (Å²) in [6.07, 6.45) is 10.4. The quantitative estimate of drug-likeness (QED) is 0.340. The van der Waals surface area contributed by atoms with Crippen LogP contribution in [0.4, 0.5) is 0 Å². The van der Waals surface area contributed by atoms with Crippen molar-refractivity contribution in [3.63, 3.8) is 0 Å². The van der Waals surface area contributed by atoms with E-state index in [-0.39, 0.29) is 5.41 Å². The Morgan fingerprint density at radius 2 is 1.34 bits per heavy atom. The summed E-state index contributed by atoms with van der Waals surface area (Å²) in [5.41, 5.74) is 9.25. The molecule has 0 N–H and O–H groups in total. The molecule has 0 spiro atoms. The van der Waals surface area contributed by atoms with Crippen molar-refractivity contribution in [2.45, 2.75) is 84.5 Å². The molecule has 0 aliphatic heterocycles. The third-order valence-corrected chi connectivity index (χ3v) is 7.14. The predicted molar refractivity (Wildman–Crippen MR) is 128 cm³/mol. The summed E-state index contributed by atoms with van der Waals surface area (Å²) in [5, 5.41) is 2.86. The summed E-state index contributed by atoms with van der Waals surface area (Å²) >= 11 is 0. The maximum atomic E-state index is 2.55. The number of rotatable bonds is 8. The fourth-order valence-corrected chi connectivity index (χ4v) is 5.66. The van der Waals surface area contributed by atoms with Crippen LogP contribution in [-0.2, 0) is 5.41 Å². The molecule has 0 radical (unpaired) electrons. The second-order valence-electron chi connectivity index (χ2n) is 9.21. The van der Waals surface area contributed by atoms with Gasteiger partial charge in [0.1, 0.15) is 0 Å². The van der Waals surface area contributed by atoms with Gasteiger partial charge in [0.2, 0.25) is 0 Å². The predicted octanol–water partition coefficient (Wildman–Crippen LogP) is 8.88. The van der Waals surface area contributed by atoms with E-state index < -0.39 is 0 Å². The Bertz CT molecular complexity index is 998. The van der Waals surface area contributed by atoms with Crippen molar-refractivity contribution in [2.75, 3.05) is 0 Å². The van der Waals surface area contributed by atoms with Gasteiger partial charge in [0, 0.05) is 5.41 Å². The first-order valence-electron chi connectivity index (χ1n) is 11.8. The second kappa shape index (κ2) is 8.34. The lowest BCUT2D eigenvalue weighted by Gasteiger charge is -2.33. The molecule has 152 valence electrons. The standard InChI is InChI=1S/C29H36/c1-5-7-11-17-29(18-12-8-6-2)26-19-21(3)15-16-25(26)28-24-14-10-9-13-23(24)22(4)20-27(28)29/h9-10,13-16,19-20H,5-8,11-12,17-18H2,1-4H3. The highest BCUT2D eigenvalue weighted by Crippen LogP contribution is 2.56. The first kappa shape index (κ1) is 20.2. The van der Waals surface area contributed by atoms with Crippen LogP contribution >= 0.6 is 0 Å². The SMILES string of the molecule is CCCCCC1(CCCCC)c2cc(C)ccc2-c2c1cc(C)c1ccccc21. The Morgan fingerprint density at radius 1 is 0.690 bits per heavy atom. The molecular formula is C29H36. The molecule has 0 heterocycles. The van der Waals surface area contributed by atoms with E-state index in [0.717, 1.165) is 0 Å². The third-order valence-electron chi connectivity index (χ3n) is 7.14. The van der Waals surface area contributed by atoms with Crippen LogP contribution in [0.1, 0.15) is 87.5 Å². The van der Waals surface area contributed by atoms with E-state index in [2.05, 4.69) is 76.2 Å². The van der Waals surface area contributed by atoms with Gasteiger partial charge in [-0.2, -0.15) is 0 Å². The molecule has 0 aromatic heterocycles. The molecule has 0 saturated carbocycles. The summed E-state index contributed by atoms with van der Waals surface area (Å²) in [6, 6.07) is 18.8. The van der Waals surface area contributed by atoms with E-state index in [4.69, 9.17) is 0 Å². The van der Waals surface area contributed by atoms with Gasteiger partial charge in [0.05, 0.1) is 0 Å². The van der Waals surface area contributed by atoms with Crippen LogP contribution in [0.25, 0.3) is 21.9 Å². The minimum atomic E-state index is 0.190. The monoisotopic (exact) mass is 384 g/mol. The van der Waals surface area contributed by atoms with Gasteiger partial charge in [-0.1, -0.05) is 106 Å². The first-order valence-corrected chi connectivity index (χ1v) is 11.8. The molecule has 0 unspecified atom stereocenters. The molecule has 0 amide bonds. The Hall–Kier alpha value is -2.08. The lowest BCUT2D eigenvalue weighted by molar-refractivity contribution is 0.405. The number of benzene rings is 3. The number of hydrogen-bond donors (Lipinski definition) is 0. The third kappa shape index (κ3) is 3.41. The van der Waals surface area contributed by atoms with Gasteiger partial charge in [-0.25, -0.2) is 0 Å². The zero-order chi connectivity index (χ0) is 20.4. The van der Waals surface area contributed by atoms with Gasteiger partial charge in [0.25, 0.3) is 0 Å². The van der Waals surface area contributed by atoms with Gasteiger partial charge in [-0.15, -0.1) is 0 Å². The Morgan fingerprint density at radius 3 is 2.00 bits per heavy atom. The highest BCUT2D eigenvalue weighted by molar-refractivity contribution is 6.04. The average Bonchev–Trinajstić information content (AvgIpc) is 2.98. The van der Waals surface area contributed by atoms with Gasteiger partial charge in [-0.05, 0) is 65.3 Å². The largest absolute Gasteiger partial charge is 0.0654 e. The summed E-state index contributed by atoms with van der Waals surface area (Å²) in [5.74, 6) is 0. The number of fused-ring (bicyclic) bond motifs is 5. The van der Waals surface area contributed by atoms with Crippen LogP contribution in [0.3, 0.4) is 0 Å². The van der Waals surface area contributed by atoms with Gasteiger partial charge in [0.15, 0.2) is 0 Å². The molecule has 29 heavy (non-hydrogen) atoms. The molecule has 0 saturated heterocycles. The number of aryl methyl sites for hydroxylation is 2. The van der Waals surface area contributed by atoms with E-state index >= 15 is 0 Å². The molecule has 0 nitrogen and oxygen atoms in total. The number of unbranched alkanes of at least 4 members (excludes halogenated alkanes) is 4. The Kier molecular flexibility index (Phi) is 5.81. The van der Waals surface area contributed by atoms with Crippen LogP contribution in [0.5, 0.6) is 0 Å².